The number of amides is 1. The van der Waals surface area contributed by atoms with Crippen molar-refractivity contribution in [3.8, 4) is 0 Å². The van der Waals surface area contributed by atoms with Crippen LogP contribution in [-0.4, -0.2) is 44.2 Å². The van der Waals surface area contributed by atoms with E-state index in [-0.39, 0.29) is 11.6 Å². The van der Waals surface area contributed by atoms with E-state index >= 15 is 0 Å². The normalized spacial score (nSPS) is 17.9. The van der Waals surface area contributed by atoms with Crippen molar-refractivity contribution in [3.05, 3.63) is 47.3 Å². The summed E-state index contributed by atoms with van der Waals surface area (Å²) in [6, 6.07) is 9.69. The lowest BCUT2D eigenvalue weighted by molar-refractivity contribution is -0.133. The van der Waals surface area contributed by atoms with Crippen LogP contribution >= 0.6 is 0 Å². The number of aromatic nitrogens is 2. The largest absolute Gasteiger partial charge is 0.476 e. The second-order valence-electron chi connectivity index (χ2n) is 6.38. The summed E-state index contributed by atoms with van der Waals surface area (Å²) in [5.74, 6) is -1.03. The first-order valence-electron chi connectivity index (χ1n) is 8.01. The Labute approximate surface area is 138 Å². The van der Waals surface area contributed by atoms with Crippen LogP contribution in [0.25, 0.3) is 0 Å². The van der Waals surface area contributed by atoms with E-state index in [4.69, 9.17) is 0 Å². The molecule has 0 unspecified atom stereocenters. The fraction of sp³-hybridized carbons (Fsp3) is 0.353. The van der Waals surface area contributed by atoms with Gasteiger partial charge in [-0.1, -0.05) is 18.2 Å². The zero-order valence-corrected chi connectivity index (χ0v) is 13.1. The number of benzene rings is 1. The number of hydrogen-bond donors (Lipinski definition) is 3. The maximum absolute atomic E-state index is 13.0. The molecule has 1 aliphatic heterocycles. The second-order valence-corrected chi connectivity index (χ2v) is 6.38. The van der Waals surface area contributed by atoms with Crippen molar-refractivity contribution in [2.75, 3.05) is 11.9 Å². The van der Waals surface area contributed by atoms with Crippen LogP contribution in [0.3, 0.4) is 0 Å². The molecule has 0 radical (unpaired) electrons. The number of nitrogens with one attached hydrogen (secondary N) is 2. The smallest absolute Gasteiger partial charge is 0.356 e. The summed E-state index contributed by atoms with van der Waals surface area (Å²) in [6.07, 6.45) is 2.19. The van der Waals surface area contributed by atoms with Gasteiger partial charge >= 0.3 is 5.97 Å². The average Bonchev–Trinajstić information content (AvgIpc) is 3.24. The first-order chi connectivity index (χ1) is 11.6. The molecular formula is C17H18N4O3. The number of hydrogen-bond acceptors (Lipinski definition) is 4. The Balaban J connectivity index is 1.53. The number of aromatic amines is 1. The Morgan fingerprint density at radius 3 is 2.67 bits per heavy atom. The van der Waals surface area contributed by atoms with Gasteiger partial charge in [-0.2, -0.15) is 5.10 Å². The lowest BCUT2D eigenvalue weighted by atomic mass is 10.0. The van der Waals surface area contributed by atoms with Crippen LogP contribution < -0.4 is 5.32 Å². The van der Waals surface area contributed by atoms with E-state index in [1.807, 2.05) is 30.3 Å². The molecule has 0 spiro atoms. The van der Waals surface area contributed by atoms with Crippen molar-refractivity contribution in [2.24, 2.45) is 0 Å². The van der Waals surface area contributed by atoms with Gasteiger partial charge in [0.05, 0.1) is 0 Å². The van der Waals surface area contributed by atoms with E-state index in [0.29, 0.717) is 25.1 Å². The predicted octanol–water partition coefficient (Wildman–Crippen LogP) is 1.64. The third kappa shape index (κ3) is 2.42. The third-order valence-electron chi connectivity index (χ3n) is 4.74. The highest BCUT2D eigenvalue weighted by molar-refractivity contribution is 5.93. The Hall–Kier alpha value is -2.83. The van der Waals surface area contributed by atoms with Crippen molar-refractivity contribution < 1.29 is 14.7 Å². The molecular weight excluding hydrogens is 308 g/mol. The molecule has 3 N–H and O–H groups in total. The molecule has 1 fully saturated rings. The molecule has 7 heteroatoms. The number of nitrogens with zero attached hydrogens (tertiary/aromatic N) is 2. The quantitative estimate of drug-likeness (QED) is 0.793. The van der Waals surface area contributed by atoms with Gasteiger partial charge in [0.1, 0.15) is 5.54 Å². The minimum absolute atomic E-state index is 0.0170. The maximum atomic E-state index is 13.0. The van der Waals surface area contributed by atoms with Gasteiger partial charge in [-0.15, -0.1) is 0 Å². The molecule has 2 heterocycles. The third-order valence-corrected chi connectivity index (χ3v) is 4.74. The van der Waals surface area contributed by atoms with Crippen LogP contribution in [-0.2, 0) is 17.8 Å². The van der Waals surface area contributed by atoms with Gasteiger partial charge in [-0.05, 0) is 25.0 Å². The van der Waals surface area contributed by atoms with Gasteiger partial charge in [-0.3, -0.25) is 9.89 Å². The molecule has 0 atom stereocenters. The summed E-state index contributed by atoms with van der Waals surface area (Å²) in [4.78, 5) is 26.0. The van der Waals surface area contributed by atoms with Gasteiger partial charge in [0.15, 0.2) is 5.69 Å². The number of rotatable bonds is 4. The van der Waals surface area contributed by atoms with Gasteiger partial charge in [0.25, 0.3) is 0 Å². The van der Waals surface area contributed by atoms with Crippen molar-refractivity contribution in [1.29, 1.82) is 0 Å². The minimum Gasteiger partial charge on any atom is -0.476 e. The summed E-state index contributed by atoms with van der Waals surface area (Å²) in [5.41, 5.74) is 1.83. The molecule has 1 aromatic heterocycles. The molecule has 7 nitrogen and oxygen atoms in total. The monoisotopic (exact) mass is 326 g/mol. The molecule has 2 aliphatic rings. The fourth-order valence-corrected chi connectivity index (χ4v) is 3.26. The maximum Gasteiger partial charge on any atom is 0.356 e. The molecule has 1 saturated carbocycles. The minimum atomic E-state index is -1.06. The lowest BCUT2D eigenvalue weighted by Crippen LogP contribution is -2.46. The fourth-order valence-electron chi connectivity index (χ4n) is 3.26. The number of carboxylic acids is 1. The molecule has 4 rings (SSSR count). The van der Waals surface area contributed by atoms with Gasteiger partial charge in [0, 0.05) is 36.5 Å². The van der Waals surface area contributed by atoms with Crippen LogP contribution in [0.5, 0.6) is 0 Å². The average molecular weight is 326 g/mol. The molecule has 1 amide bonds. The SMILES string of the molecule is O=C(O)c1n[nH]c2c1CN(C(=O)C1(Nc3ccccc3)CC1)CC2. The summed E-state index contributed by atoms with van der Waals surface area (Å²) in [6.45, 7) is 0.871. The number of carbonyl (C=O) groups excluding carboxylic acids is 1. The Kier molecular flexibility index (Phi) is 3.30. The van der Waals surface area contributed by atoms with Crippen LogP contribution in [0.2, 0.25) is 0 Å². The van der Waals surface area contributed by atoms with Crippen molar-refractivity contribution >= 4 is 17.6 Å². The van der Waals surface area contributed by atoms with Gasteiger partial charge in [-0.25, -0.2) is 4.79 Å². The second kappa shape index (κ2) is 5.36. The number of para-hydroxylation sites is 1. The molecule has 2 aromatic rings. The summed E-state index contributed by atoms with van der Waals surface area (Å²) < 4.78 is 0. The van der Waals surface area contributed by atoms with Crippen molar-refractivity contribution in [3.63, 3.8) is 0 Å². The van der Waals surface area contributed by atoms with E-state index < -0.39 is 11.5 Å². The van der Waals surface area contributed by atoms with E-state index in [2.05, 4.69) is 15.5 Å². The van der Waals surface area contributed by atoms with Crippen LogP contribution in [0, 0.1) is 0 Å². The zero-order chi connectivity index (χ0) is 16.7. The number of carbonyl (C=O) groups is 2. The first kappa shape index (κ1) is 14.7. The highest BCUT2D eigenvalue weighted by atomic mass is 16.4. The molecule has 0 saturated heterocycles. The number of anilines is 1. The van der Waals surface area contributed by atoms with Crippen molar-refractivity contribution in [1.82, 2.24) is 15.1 Å². The number of carboxylic acid groups (broad SMARTS) is 1. The Bertz CT molecular complexity index is 795. The van der Waals surface area contributed by atoms with E-state index in [1.54, 1.807) is 4.90 Å². The summed E-state index contributed by atoms with van der Waals surface area (Å²) in [7, 11) is 0. The van der Waals surface area contributed by atoms with E-state index in [9.17, 15) is 14.7 Å². The predicted molar refractivity (Wildman–Crippen MR) is 86.7 cm³/mol. The Morgan fingerprint density at radius 1 is 1.25 bits per heavy atom. The Morgan fingerprint density at radius 2 is 2.00 bits per heavy atom. The highest BCUT2D eigenvalue weighted by Crippen LogP contribution is 2.41. The standard InChI is InChI=1S/C17H18N4O3/c22-15(23)14-12-10-21(9-6-13(12)19-20-14)16(24)17(7-8-17)18-11-4-2-1-3-5-11/h1-5,18H,6-10H2,(H,19,20)(H,22,23). The number of H-pyrrole nitrogens is 1. The van der Waals surface area contributed by atoms with E-state index in [1.165, 1.54) is 0 Å². The molecule has 1 aromatic carbocycles. The summed E-state index contributed by atoms with van der Waals surface area (Å²) in [5, 5.41) is 19.2. The van der Waals surface area contributed by atoms with Gasteiger partial charge in [0.2, 0.25) is 5.91 Å². The van der Waals surface area contributed by atoms with Crippen LogP contribution in [0.1, 0.15) is 34.6 Å². The summed E-state index contributed by atoms with van der Waals surface area (Å²) >= 11 is 0. The zero-order valence-electron chi connectivity index (χ0n) is 13.1. The van der Waals surface area contributed by atoms with Gasteiger partial charge < -0.3 is 15.3 Å². The molecule has 124 valence electrons. The van der Waals surface area contributed by atoms with E-state index in [0.717, 1.165) is 24.2 Å². The van der Waals surface area contributed by atoms with Crippen LogP contribution in [0.15, 0.2) is 30.3 Å². The molecule has 24 heavy (non-hydrogen) atoms. The molecule has 1 aliphatic carbocycles. The van der Waals surface area contributed by atoms with Crippen LogP contribution in [0.4, 0.5) is 5.69 Å². The molecule has 0 bridgehead atoms. The highest BCUT2D eigenvalue weighted by Gasteiger charge is 2.52. The topological polar surface area (TPSA) is 98.3 Å². The van der Waals surface area contributed by atoms with Crippen molar-refractivity contribution in [2.45, 2.75) is 31.3 Å². The first-order valence-corrected chi connectivity index (χ1v) is 8.01. The lowest BCUT2D eigenvalue weighted by Gasteiger charge is -2.31. The number of aromatic carboxylic acids is 1. The number of fused-ring (bicyclic) bond motifs is 1.